The lowest BCUT2D eigenvalue weighted by molar-refractivity contribution is 0.294. The number of anilines is 1. The molecule has 0 radical (unpaired) electrons. The Labute approximate surface area is 138 Å². The molecule has 0 saturated heterocycles. The number of nitrogens with zero attached hydrogens (tertiary/aromatic N) is 2. The number of hydrogen-bond donors (Lipinski definition) is 1. The van der Waals surface area contributed by atoms with E-state index in [9.17, 15) is 4.39 Å². The van der Waals surface area contributed by atoms with Gasteiger partial charge in [0, 0.05) is 5.38 Å². The van der Waals surface area contributed by atoms with E-state index in [1.165, 1.54) is 23.6 Å². The number of rotatable bonds is 7. The van der Waals surface area contributed by atoms with Crippen LogP contribution in [0.25, 0.3) is 0 Å². The zero-order valence-electron chi connectivity index (χ0n) is 12.4. The minimum absolute atomic E-state index is 0.185. The number of unbranched alkanes of at least 4 members (excludes halogenated alkanes) is 1. The van der Waals surface area contributed by atoms with Crippen LogP contribution in [0.1, 0.15) is 31.0 Å². The molecule has 0 atom stereocenters. The number of thiazole rings is 1. The number of aryl methyl sites for hydroxylation is 1. The highest BCUT2D eigenvalue weighted by molar-refractivity contribution is 7.13. The zero-order chi connectivity index (χ0) is 15.9. The van der Waals surface area contributed by atoms with Gasteiger partial charge in [0.25, 0.3) is 0 Å². The summed E-state index contributed by atoms with van der Waals surface area (Å²) >= 11 is 7.44. The molecule has 0 spiro atoms. The lowest BCUT2D eigenvalue weighted by Crippen LogP contribution is -2.02. The van der Waals surface area contributed by atoms with Crippen LogP contribution in [-0.4, -0.2) is 17.8 Å². The molecule has 0 bridgehead atoms. The van der Waals surface area contributed by atoms with E-state index in [0.717, 1.165) is 18.5 Å². The molecule has 2 rings (SSSR count). The molecule has 1 aromatic heterocycles. The van der Waals surface area contributed by atoms with Crippen molar-refractivity contribution >= 4 is 34.3 Å². The van der Waals surface area contributed by atoms with Crippen molar-refractivity contribution in [3.63, 3.8) is 0 Å². The van der Waals surface area contributed by atoms with Gasteiger partial charge >= 0.3 is 0 Å². The van der Waals surface area contributed by atoms with E-state index in [1.807, 2.05) is 19.2 Å². The predicted molar refractivity (Wildman–Crippen MR) is 89.9 cm³/mol. The van der Waals surface area contributed by atoms with Crippen LogP contribution in [0, 0.1) is 12.7 Å². The molecule has 0 aliphatic rings. The maximum absolute atomic E-state index is 14.3. The average Bonchev–Trinajstić information content (AvgIpc) is 2.90. The molecule has 0 aliphatic carbocycles. The molecule has 1 N–H and O–H groups in total. The summed E-state index contributed by atoms with van der Waals surface area (Å²) in [6, 6.07) is 3.13. The van der Waals surface area contributed by atoms with Gasteiger partial charge in [-0.05, 0) is 25.5 Å². The Kier molecular flexibility index (Phi) is 6.15. The standard InChI is InChI=1S/C15H17ClFN3OS/c1-3-4-7-21-13-6-5-12(16)11(14(13)17)8-18-20-15-19-10(2)9-22-15/h5-6,8-9H,3-4,7H2,1-2H3,(H,19,20). The second-order valence-electron chi connectivity index (χ2n) is 4.64. The smallest absolute Gasteiger partial charge is 0.203 e. The molecule has 0 unspecified atom stereocenters. The van der Waals surface area contributed by atoms with Crippen LogP contribution in [0.2, 0.25) is 5.02 Å². The number of nitrogens with one attached hydrogen (secondary N) is 1. The largest absolute Gasteiger partial charge is 0.490 e. The van der Waals surface area contributed by atoms with Crippen LogP contribution in [0.5, 0.6) is 5.75 Å². The Morgan fingerprint density at radius 1 is 1.50 bits per heavy atom. The Hall–Kier alpha value is -1.66. The van der Waals surface area contributed by atoms with E-state index in [-0.39, 0.29) is 16.3 Å². The van der Waals surface area contributed by atoms with Crippen LogP contribution in [0.4, 0.5) is 9.52 Å². The summed E-state index contributed by atoms with van der Waals surface area (Å²) in [5.41, 5.74) is 3.84. The molecule has 7 heteroatoms. The summed E-state index contributed by atoms with van der Waals surface area (Å²) in [6.07, 6.45) is 3.19. The lowest BCUT2D eigenvalue weighted by atomic mass is 10.2. The summed E-state index contributed by atoms with van der Waals surface area (Å²) in [6.45, 7) is 4.41. The zero-order valence-corrected chi connectivity index (χ0v) is 14.0. The lowest BCUT2D eigenvalue weighted by Gasteiger charge is -2.09. The van der Waals surface area contributed by atoms with Gasteiger partial charge < -0.3 is 4.74 Å². The van der Waals surface area contributed by atoms with Gasteiger partial charge in [0.05, 0.1) is 29.1 Å². The van der Waals surface area contributed by atoms with Crippen LogP contribution >= 0.6 is 22.9 Å². The van der Waals surface area contributed by atoms with Gasteiger partial charge in [0.1, 0.15) is 0 Å². The Bertz CT molecular complexity index is 660. The second-order valence-corrected chi connectivity index (χ2v) is 5.90. The van der Waals surface area contributed by atoms with Gasteiger partial charge in [-0.15, -0.1) is 11.3 Å². The minimum Gasteiger partial charge on any atom is -0.490 e. The highest BCUT2D eigenvalue weighted by atomic mass is 35.5. The van der Waals surface area contributed by atoms with Crippen molar-refractivity contribution in [2.45, 2.75) is 26.7 Å². The summed E-state index contributed by atoms with van der Waals surface area (Å²) in [5.74, 6) is -0.325. The number of halogens is 2. The minimum atomic E-state index is -0.510. The van der Waals surface area contributed by atoms with Gasteiger partial charge in [-0.25, -0.2) is 9.37 Å². The quantitative estimate of drug-likeness (QED) is 0.444. The average molecular weight is 342 g/mol. The number of benzene rings is 1. The molecule has 0 aliphatic heterocycles. The summed E-state index contributed by atoms with van der Waals surface area (Å²) in [5, 5.41) is 6.79. The highest BCUT2D eigenvalue weighted by Gasteiger charge is 2.12. The first-order valence-electron chi connectivity index (χ1n) is 6.93. The van der Waals surface area contributed by atoms with Gasteiger partial charge in [0.15, 0.2) is 11.6 Å². The normalized spacial score (nSPS) is 11.1. The van der Waals surface area contributed by atoms with Crippen molar-refractivity contribution in [2.75, 3.05) is 12.0 Å². The molecule has 22 heavy (non-hydrogen) atoms. The van der Waals surface area contributed by atoms with E-state index in [1.54, 1.807) is 6.07 Å². The fourth-order valence-corrected chi connectivity index (χ4v) is 2.49. The molecular formula is C15H17ClFN3OS. The van der Waals surface area contributed by atoms with Crippen molar-refractivity contribution in [2.24, 2.45) is 5.10 Å². The topological polar surface area (TPSA) is 46.5 Å². The van der Waals surface area contributed by atoms with Crippen LogP contribution in [-0.2, 0) is 0 Å². The van der Waals surface area contributed by atoms with Crippen molar-refractivity contribution in [3.05, 3.63) is 39.6 Å². The van der Waals surface area contributed by atoms with E-state index in [2.05, 4.69) is 15.5 Å². The molecular weight excluding hydrogens is 325 g/mol. The SMILES string of the molecule is CCCCOc1ccc(Cl)c(C=NNc2nc(C)cs2)c1F. The first-order chi connectivity index (χ1) is 10.6. The molecule has 0 amide bonds. The third kappa shape index (κ3) is 4.42. The molecule has 1 heterocycles. The first kappa shape index (κ1) is 16.7. The fraction of sp³-hybridized carbons (Fsp3) is 0.333. The maximum atomic E-state index is 14.3. The summed E-state index contributed by atoms with van der Waals surface area (Å²) in [4.78, 5) is 4.20. The van der Waals surface area contributed by atoms with E-state index in [4.69, 9.17) is 16.3 Å². The predicted octanol–water partition coefficient (Wildman–Crippen LogP) is 4.87. The third-order valence-electron chi connectivity index (χ3n) is 2.82. The molecule has 118 valence electrons. The van der Waals surface area contributed by atoms with Gasteiger partial charge in [-0.3, -0.25) is 5.43 Å². The summed E-state index contributed by atoms with van der Waals surface area (Å²) in [7, 11) is 0. The monoisotopic (exact) mass is 341 g/mol. The Balaban J connectivity index is 2.10. The third-order valence-corrected chi connectivity index (χ3v) is 4.01. The first-order valence-corrected chi connectivity index (χ1v) is 8.19. The van der Waals surface area contributed by atoms with E-state index >= 15 is 0 Å². The Morgan fingerprint density at radius 3 is 3.00 bits per heavy atom. The van der Waals surface area contributed by atoms with Crippen molar-refractivity contribution in [1.82, 2.24) is 4.98 Å². The maximum Gasteiger partial charge on any atom is 0.203 e. The van der Waals surface area contributed by atoms with Crippen molar-refractivity contribution < 1.29 is 9.13 Å². The number of hydrogen-bond acceptors (Lipinski definition) is 5. The summed E-state index contributed by atoms with van der Waals surface area (Å²) < 4.78 is 19.8. The molecule has 1 aromatic carbocycles. The Morgan fingerprint density at radius 2 is 2.32 bits per heavy atom. The number of aromatic nitrogens is 1. The highest BCUT2D eigenvalue weighted by Crippen LogP contribution is 2.26. The number of ether oxygens (including phenoxy) is 1. The van der Waals surface area contributed by atoms with E-state index < -0.39 is 5.82 Å². The van der Waals surface area contributed by atoms with Gasteiger partial charge in [0.2, 0.25) is 5.13 Å². The van der Waals surface area contributed by atoms with Crippen LogP contribution < -0.4 is 10.2 Å². The number of hydrazone groups is 1. The van der Waals surface area contributed by atoms with Crippen molar-refractivity contribution in [3.8, 4) is 5.75 Å². The second kappa shape index (κ2) is 8.10. The van der Waals surface area contributed by atoms with Gasteiger partial charge in [-0.2, -0.15) is 5.10 Å². The fourth-order valence-electron chi connectivity index (χ4n) is 1.66. The molecule has 0 fully saturated rings. The molecule has 0 saturated carbocycles. The molecule has 2 aromatic rings. The van der Waals surface area contributed by atoms with E-state index in [0.29, 0.717) is 11.7 Å². The van der Waals surface area contributed by atoms with Crippen molar-refractivity contribution in [1.29, 1.82) is 0 Å². The molecule has 4 nitrogen and oxygen atoms in total. The van der Waals surface area contributed by atoms with Crippen LogP contribution in [0.3, 0.4) is 0 Å². The van der Waals surface area contributed by atoms with Crippen LogP contribution in [0.15, 0.2) is 22.6 Å². The van der Waals surface area contributed by atoms with Gasteiger partial charge in [-0.1, -0.05) is 24.9 Å².